The number of nitrogens with zero attached hydrogens (tertiary/aromatic N) is 2. The van der Waals surface area contributed by atoms with Crippen LogP contribution in [0.15, 0.2) is 17.3 Å². The van der Waals surface area contributed by atoms with Gasteiger partial charge in [-0.15, -0.1) is 0 Å². The fourth-order valence-electron chi connectivity index (χ4n) is 1.18. The van der Waals surface area contributed by atoms with Crippen molar-refractivity contribution in [2.24, 2.45) is 0 Å². The van der Waals surface area contributed by atoms with Crippen molar-refractivity contribution in [3.05, 3.63) is 17.7 Å². The fourth-order valence-corrected chi connectivity index (χ4v) is 2.57. The summed E-state index contributed by atoms with van der Waals surface area (Å²) < 4.78 is 26.3. The van der Waals surface area contributed by atoms with Crippen molar-refractivity contribution in [3.63, 3.8) is 0 Å². The molecule has 0 amide bonds. The number of halogens is 1. The van der Waals surface area contributed by atoms with Gasteiger partial charge in [-0.25, -0.2) is 23.1 Å². The van der Waals surface area contributed by atoms with Gasteiger partial charge in [0.1, 0.15) is 4.90 Å². The Morgan fingerprint density at radius 1 is 1.31 bits per heavy atom. The molecule has 0 aliphatic rings. The number of nitrogens with one attached hydrogen (secondary N) is 1. The van der Waals surface area contributed by atoms with E-state index < -0.39 is 10.0 Å². The zero-order valence-electron chi connectivity index (χ0n) is 9.14. The first-order chi connectivity index (χ1) is 7.49. The van der Waals surface area contributed by atoms with Gasteiger partial charge in [-0.2, -0.15) is 0 Å². The van der Waals surface area contributed by atoms with Gasteiger partial charge in [0.15, 0.2) is 0 Å². The highest BCUT2D eigenvalue weighted by molar-refractivity contribution is 7.89. The predicted molar refractivity (Wildman–Crippen MR) is 61.7 cm³/mol. The van der Waals surface area contributed by atoms with E-state index in [1.807, 2.05) is 13.8 Å². The van der Waals surface area contributed by atoms with Crippen molar-refractivity contribution in [1.29, 1.82) is 0 Å². The van der Waals surface area contributed by atoms with Gasteiger partial charge < -0.3 is 0 Å². The third-order valence-corrected chi connectivity index (χ3v) is 3.88. The van der Waals surface area contributed by atoms with Crippen molar-refractivity contribution in [1.82, 2.24) is 14.7 Å². The molecule has 0 aromatic carbocycles. The van der Waals surface area contributed by atoms with Crippen LogP contribution in [0.4, 0.5) is 0 Å². The van der Waals surface area contributed by atoms with Gasteiger partial charge in [-0.1, -0.05) is 13.8 Å². The lowest BCUT2D eigenvalue weighted by molar-refractivity contribution is 0.529. The maximum Gasteiger partial charge on any atom is 0.243 e. The van der Waals surface area contributed by atoms with Crippen LogP contribution in [0.2, 0.25) is 5.28 Å². The topological polar surface area (TPSA) is 72.0 Å². The quantitative estimate of drug-likeness (QED) is 0.819. The Balaban J connectivity index is 2.89. The Bertz CT molecular complexity index is 429. The third kappa shape index (κ3) is 3.40. The summed E-state index contributed by atoms with van der Waals surface area (Å²) in [5, 5.41) is 0.0292. The van der Waals surface area contributed by atoms with E-state index in [0.717, 1.165) is 12.8 Å². The Morgan fingerprint density at radius 3 is 2.25 bits per heavy atom. The number of hydrogen-bond donors (Lipinski definition) is 1. The molecule has 1 aromatic heterocycles. The normalized spacial score (nSPS) is 12.0. The van der Waals surface area contributed by atoms with E-state index >= 15 is 0 Å². The van der Waals surface area contributed by atoms with Crippen LogP contribution in [0.5, 0.6) is 0 Å². The van der Waals surface area contributed by atoms with E-state index in [9.17, 15) is 8.42 Å². The molecule has 7 heteroatoms. The highest BCUT2D eigenvalue weighted by Crippen LogP contribution is 2.10. The van der Waals surface area contributed by atoms with E-state index in [2.05, 4.69) is 14.7 Å². The molecule has 0 unspecified atom stereocenters. The lowest BCUT2D eigenvalue weighted by Crippen LogP contribution is -2.33. The van der Waals surface area contributed by atoms with E-state index in [1.54, 1.807) is 0 Å². The molecule has 0 saturated carbocycles. The number of sulfonamides is 1. The Kier molecular flexibility index (Phi) is 4.64. The number of rotatable bonds is 5. The molecule has 0 spiro atoms. The van der Waals surface area contributed by atoms with Crippen molar-refractivity contribution in [2.75, 3.05) is 0 Å². The molecule has 0 radical (unpaired) electrons. The van der Waals surface area contributed by atoms with E-state index in [4.69, 9.17) is 11.6 Å². The van der Waals surface area contributed by atoms with Crippen LogP contribution in [-0.4, -0.2) is 24.4 Å². The van der Waals surface area contributed by atoms with Gasteiger partial charge in [0.05, 0.1) is 12.4 Å². The summed E-state index contributed by atoms with van der Waals surface area (Å²) in [6, 6.07) is -0.0688. The van der Waals surface area contributed by atoms with Crippen LogP contribution < -0.4 is 4.72 Å². The molecular weight excluding hydrogens is 250 g/mol. The molecular formula is C9H14ClN3O2S. The second kappa shape index (κ2) is 5.56. The minimum Gasteiger partial charge on any atom is -0.225 e. The summed E-state index contributed by atoms with van der Waals surface area (Å²) in [6.07, 6.45) is 3.87. The second-order valence-corrected chi connectivity index (χ2v) is 5.37. The molecule has 0 aliphatic heterocycles. The van der Waals surface area contributed by atoms with Gasteiger partial charge in [-0.3, -0.25) is 0 Å². The largest absolute Gasteiger partial charge is 0.243 e. The fraction of sp³-hybridized carbons (Fsp3) is 0.556. The molecule has 0 aliphatic carbocycles. The highest BCUT2D eigenvalue weighted by Gasteiger charge is 2.18. The molecule has 0 fully saturated rings. The SMILES string of the molecule is CCC(CC)NS(=O)(=O)c1cnc(Cl)nc1. The summed E-state index contributed by atoms with van der Waals surface area (Å²) >= 11 is 5.48. The van der Waals surface area contributed by atoms with Crippen LogP contribution in [0.3, 0.4) is 0 Å². The Morgan fingerprint density at radius 2 is 1.81 bits per heavy atom. The number of hydrogen-bond acceptors (Lipinski definition) is 4. The molecule has 90 valence electrons. The van der Waals surface area contributed by atoms with Crippen molar-refractivity contribution < 1.29 is 8.42 Å². The van der Waals surface area contributed by atoms with Crippen LogP contribution in [0.1, 0.15) is 26.7 Å². The Labute approximate surface area is 100 Å². The minimum absolute atomic E-state index is 0.0292. The summed E-state index contributed by atoms with van der Waals surface area (Å²) in [5.41, 5.74) is 0. The second-order valence-electron chi connectivity index (χ2n) is 3.32. The van der Waals surface area contributed by atoms with Crippen molar-refractivity contribution >= 4 is 21.6 Å². The first-order valence-corrected chi connectivity index (χ1v) is 6.85. The van der Waals surface area contributed by atoms with Crippen LogP contribution in [0.25, 0.3) is 0 Å². The Hall–Kier alpha value is -0.720. The van der Waals surface area contributed by atoms with Gasteiger partial charge in [-0.05, 0) is 24.4 Å². The van der Waals surface area contributed by atoms with E-state index in [1.165, 1.54) is 12.4 Å². The molecule has 1 aromatic rings. The zero-order valence-corrected chi connectivity index (χ0v) is 10.7. The van der Waals surface area contributed by atoms with Crippen molar-refractivity contribution in [2.45, 2.75) is 37.6 Å². The zero-order chi connectivity index (χ0) is 12.2. The average Bonchev–Trinajstić information content (AvgIpc) is 2.26. The van der Waals surface area contributed by atoms with Gasteiger partial charge in [0, 0.05) is 6.04 Å². The van der Waals surface area contributed by atoms with Gasteiger partial charge in [0.25, 0.3) is 0 Å². The number of aromatic nitrogens is 2. The van der Waals surface area contributed by atoms with E-state index in [-0.39, 0.29) is 16.2 Å². The third-order valence-electron chi connectivity index (χ3n) is 2.21. The monoisotopic (exact) mass is 263 g/mol. The molecule has 1 heterocycles. The maximum absolute atomic E-state index is 11.8. The molecule has 5 nitrogen and oxygen atoms in total. The van der Waals surface area contributed by atoms with E-state index in [0.29, 0.717) is 0 Å². The maximum atomic E-state index is 11.8. The lowest BCUT2D eigenvalue weighted by Gasteiger charge is -2.14. The average molecular weight is 264 g/mol. The highest BCUT2D eigenvalue weighted by atomic mass is 35.5. The molecule has 0 bridgehead atoms. The molecule has 0 atom stereocenters. The standard InChI is InChI=1S/C9H14ClN3O2S/c1-3-7(4-2)13-16(14,15)8-5-11-9(10)12-6-8/h5-7,13H,3-4H2,1-2H3. The first kappa shape index (κ1) is 13.3. The summed E-state index contributed by atoms with van der Waals surface area (Å²) in [6.45, 7) is 3.85. The lowest BCUT2D eigenvalue weighted by atomic mass is 10.2. The molecule has 0 saturated heterocycles. The van der Waals surface area contributed by atoms with Crippen LogP contribution >= 0.6 is 11.6 Å². The molecule has 16 heavy (non-hydrogen) atoms. The minimum atomic E-state index is -3.53. The molecule has 1 rings (SSSR count). The predicted octanol–water partition coefficient (Wildman–Crippen LogP) is 1.60. The van der Waals surface area contributed by atoms with Gasteiger partial charge in [0.2, 0.25) is 15.3 Å². The smallest absolute Gasteiger partial charge is 0.225 e. The summed E-state index contributed by atoms with van der Waals surface area (Å²) in [5.74, 6) is 0. The van der Waals surface area contributed by atoms with Crippen molar-refractivity contribution in [3.8, 4) is 0 Å². The summed E-state index contributed by atoms with van der Waals surface area (Å²) in [4.78, 5) is 7.31. The van der Waals surface area contributed by atoms with Crippen LogP contribution in [-0.2, 0) is 10.0 Å². The van der Waals surface area contributed by atoms with Crippen LogP contribution in [0, 0.1) is 0 Å². The molecule has 1 N–H and O–H groups in total. The first-order valence-electron chi connectivity index (χ1n) is 4.99. The summed E-state index contributed by atoms with van der Waals surface area (Å²) in [7, 11) is -3.53. The van der Waals surface area contributed by atoms with Gasteiger partial charge >= 0.3 is 0 Å².